The number of fused-ring (bicyclic) bond motifs is 1. The molecule has 1 aliphatic heterocycles. The summed E-state index contributed by atoms with van der Waals surface area (Å²) in [7, 11) is 0. The highest BCUT2D eigenvalue weighted by Crippen LogP contribution is 2.27. The second kappa shape index (κ2) is 7.46. The fourth-order valence-electron chi connectivity index (χ4n) is 2.74. The van der Waals surface area contributed by atoms with Crippen LogP contribution in [0.3, 0.4) is 0 Å². The predicted octanol–water partition coefficient (Wildman–Crippen LogP) is 0.722. The molecule has 7 nitrogen and oxygen atoms in total. The molecule has 25 heavy (non-hydrogen) atoms. The van der Waals surface area contributed by atoms with Crippen LogP contribution in [-0.4, -0.2) is 34.9 Å². The standard InChI is InChI=1S/C18H23N3O4/c1-4-18(2,3)15(23)17(25)21-10-13-8-6-5-7-12(13)9-14(21)16(24)20-19-11-22/h5-8,11,14H,4,9-10H2,1-3H3,(H,19,22)(H,20,24). The minimum atomic E-state index is -0.855. The number of nitrogens with zero attached hydrogens (tertiary/aromatic N) is 1. The van der Waals surface area contributed by atoms with Crippen LogP contribution < -0.4 is 10.9 Å². The van der Waals surface area contributed by atoms with Crippen molar-refractivity contribution >= 4 is 24.0 Å². The summed E-state index contributed by atoms with van der Waals surface area (Å²) in [5.41, 5.74) is 5.40. The highest BCUT2D eigenvalue weighted by atomic mass is 16.2. The Bertz CT molecular complexity index is 699. The SMILES string of the molecule is CCC(C)(C)C(=O)C(=O)N1Cc2ccccc2CC1C(=O)NNC=O. The lowest BCUT2D eigenvalue weighted by atomic mass is 9.83. The molecule has 2 N–H and O–H groups in total. The van der Waals surface area contributed by atoms with E-state index in [-0.39, 0.29) is 13.0 Å². The van der Waals surface area contributed by atoms with Crippen molar-refractivity contribution in [3.63, 3.8) is 0 Å². The summed E-state index contributed by atoms with van der Waals surface area (Å²) in [5, 5.41) is 0. The first kappa shape index (κ1) is 18.6. The highest BCUT2D eigenvalue weighted by Gasteiger charge is 2.41. The van der Waals surface area contributed by atoms with E-state index in [1.165, 1.54) is 4.90 Å². The van der Waals surface area contributed by atoms with Crippen LogP contribution in [0, 0.1) is 5.41 Å². The van der Waals surface area contributed by atoms with E-state index in [0.29, 0.717) is 12.8 Å². The average Bonchev–Trinajstić information content (AvgIpc) is 2.63. The summed E-state index contributed by atoms with van der Waals surface area (Å²) < 4.78 is 0. The Balaban J connectivity index is 2.34. The Morgan fingerprint density at radius 2 is 1.88 bits per heavy atom. The van der Waals surface area contributed by atoms with Gasteiger partial charge in [-0.25, -0.2) is 0 Å². The smallest absolute Gasteiger partial charge is 0.291 e. The van der Waals surface area contributed by atoms with Gasteiger partial charge in [0.1, 0.15) is 6.04 Å². The van der Waals surface area contributed by atoms with Gasteiger partial charge in [0.2, 0.25) is 12.2 Å². The Morgan fingerprint density at radius 3 is 2.48 bits per heavy atom. The second-order valence-electron chi connectivity index (χ2n) is 6.74. The van der Waals surface area contributed by atoms with Crippen LogP contribution in [0.4, 0.5) is 0 Å². The Hall–Kier alpha value is -2.70. The minimum absolute atomic E-state index is 0.180. The van der Waals surface area contributed by atoms with E-state index in [0.717, 1.165) is 11.1 Å². The molecule has 134 valence electrons. The number of carbonyl (C=O) groups excluding carboxylic acids is 4. The zero-order valence-corrected chi connectivity index (χ0v) is 14.7. The van der Waals surface area contributed by atoms with Crippen LogP contribution in [0.2, 0.25) is 0 Å². The summed E-state index contributed by atoms with van der Waals surface area (Å²) in [6.07, 6.45) is 1.14. The number of carbonyl (C=O) groups is 4. The van der Waals surface area contributed by atoms with Crippen LogP contribution in [0.15, 0.2) is 24.3 Å². The molecular formula is C18H23N3O4. The largest absolute Gasteiger partial charge is 0.319 e. The molecule has 0 fully saturated rings. The monoisotopic (exact) mass is 345 g/mol. The summed E-state index contributed by atoms with van der Waals surface area (Å²) >= 11 is 0. The van der Waals surface area contributed by atoms with Gasteiger partial charge in [-0.3, -0.25) is 30.0 Å². The molecule has 0 spiro atoms. The number of hydrazine groups is 1. The molecule has 0 aliphatic carbocycles. The lowest BCUT2D eigenvalue weighted by molar-refractivity contribution is -0.153. The molecular weight excluding hydrogens is 322 g/mol. The lowest BCUT2D eigenvalue weighted by Crippen LogP contribution is -2.57. The molecule has 1 heterocycles. The Labute approximate surface area is 146 Å². The maximum Gasteiger partial charge on any atom is 0.291 e. The average molecular weight is 345 g/mol. The molecule has 2 rings (SSSR count). The third kappa shape index (κ3) is 3.87. The van der Waals surface area contributed by atoms with Crippen molar-refractivity contribution in [1.29, 1.82) is 0 Å². The third-order valence-electron chi connectivity index (χ3n) is 4.76. The lowest BCUT2D eigenvalue weighted by Gasteiger charge is -2.36. The number of nitrogens with one attached hydrogen (secondary N) is 2. The molecule has 0 radical (unpaired) electrons. The van der Waals surface area contributed by atoms with Gasteiger partial charge < -0.3 is 4.90 Å². The van der Waals surface area contributed by atoms with Gasteiger partial charge in [-0.15, -0.1) is 0 Å². The fraction of sp³-hybridized carbons (Fsp3) is 0.444. The van der Waals surface area contributed by atoms with E-state index in [1.54, 1.807) is 13.8 Å². The topological polar surface area (TPSA) is 95.6 Å². The molecule has 1 aliphatic rings. The number of amides is 3. The van der Waals surface area contributed by atoms with Gasteiger partial charge >= 0.3 is 0 Å². The van der Waals surface area contributed by atoms with Gasteiger partial charge in [-0.1, -0.05) is 45.0 Å². The fourth-order valence-corrected chi connectivity index (χ4v) is 2.74. The number of Topliss-reactive ketones (excluding diaryl/α,β-unsaturated/α-hetero) is 1. The van der Waals surface area contributed by atoms with Crippen LogP contribution in [0.5, 0.6) is 0 Å². The van der Waals surface area contributed by atoms with E-state index in [9.17, 15) is 19.2 Å². The van der Waals surface area contributed by atoms with Crippen molar-refractivity contribution in [3.05, 3.63) is 35.4 Å². The molecule has 0 saturated carbocycles. The Morgan fingerprint density at radius 1 is 1.24 bits per heavy atom. The van der Waals surface area contributed by atoms with Gasteiger partial charge in [-0.2, -0.15) is 0 Å². The minimum Gasteiger partial charge on any atom is -0.319 e. The number of ketones is 1. The van der Waals surface area contributed by atoms with Crippen molar-refractivity contribution in [2.75, 3.05) is 0 Å². The van der Waals surface area contributed by atoms with E-state index in [1.807, 2.05) is 31.2 Å². The number of rotatable bonds is 6. The summed E-state index contributed by atoms with van der Waals surface area (Å²) in [6, 6.07) is 6.63. The maximum atomic E-state index is 12.8. The molecule has 7 heteroatoms. The van der Waals surface area contributed by atoms with Crippen LogP contribution >= 0.6 is 0 Å². The van der Waals surface area contributed by atoms with E-state index < -0.39 is 29.1 Å². The summed E-state index contributed by atoms with van der Waals surface area (Å²) in [4.78, 5) is 49.5. The van der Waals surface area contributed by atoms with Crippen LogP contribution in [0.25, 0.3) is 0 Å². The van der Waals surface area contributed by atoms with Crippen molar-refractivity contribution < 1.29 is 19.2 Å². The first-order valence-electron chi connectivity index (χ1n) is 8.23. The number of hydrogen-bond donors (Lipinski definition) is 2. The van der Waals surface area contributed by atoms with Crippen molar-refractivity contribution in [2.24, 2.45) is 5.41 Å². The van der Waals surface area contributed by atoms with E-state index >= 15 is 0 Å². The zero-order valence-electron chi connectivity index (χ0n) is 14.7. The van der Waals surface area contributed by atoms with Gasteiger partial charge in [0.25, 0.3) is 11.8 Å². The van der Waals surface area contributed by atoms with E-state index in [2.05, 4.69) is 10.9 Å². The maximum absolute atomic E-state index is 12.8. The third-order valence-corrected chi connectivity index (χ3v) is 4.76. The van der Waals surface area contributed by atoms with Gasteiger partial charge in [0.05, 0.1) is 0 Å². The molecule has 1 aromatic rings. The van der Waals surface area contributed by atoms with Gasteiger partial charge in [0.15, 0.2) is 0 Å². The van der Waals surface area contributed by atoms with Crippen LogP contribution in [0.1, 0.15) is 38.3 Å². The summed E-state index contributed by atoms with van der Waals surface area (Å²) in [6.45, 7) is 5.46. The molecule has 0 bridgehead atoms. The summed E-state index contributed by atoms with van der Waals surface area (Å²) in [5.74, 6) is -1.72. The van der Waals surface area contributed by atoms with Crippen molar-refractivity contribution in [2.45, 2.75) is 46.2 Å². The van der Waals surface area contributed by atoms with Crippen molar-refractivity contribution in [3.8, 4) is 0 Å². The molecule has 1 unspecified atom stereocenters. The number of hydrogen-bond acceptors (Lipinski definition) is 4. The zero-order chi connectivity index (χ0) is 18.6. The molecule has 0 saturated heterocycles. The first-order chi connectivity index (χ1) is 11.8. The van der Waals surface area contributed by atoms with Gasteiger partial charge in [0, 0.05) is 18.4 Å². The van der Waals surface area contributed by atoms with Crippen LogP contribution in [-0.2, 0) is 32.1 Å². The molecule has 1 atom stereocenters. The van der Waals surface area contributed by atoms with Crippen molar-refractivity contribution in [1.82, 2.24) is 15.8 Å². The normalized spacial score (nSPS) is 16.6. The van der Waals surface area contributed by atoms with Gasteiger partial charge in [-0.05, 0) is 17.5 Å². The Kier molecular flexibility index (Phi) is 5.56. The second-order valence-corrected chi connectivity index (χ2v) is 6.74. The molecule has 1 aromatic carbocycles. The molecule has 3 amide bonds. The molecule has 0 aromatic heterocycles. The first-order valence-corrected chi connectivity index (χ1v) is 8.23. The predicted molar refractivity (Wildman–Crippen MR) is 90.9 cm³/mol. The quantitative estimate of drug-likeness (QED) is 0.451. The number of benzene rings is 1. The van der Waals surface area contributed by atoms with E-state index in [4.69, 9.17) is 0 Å². The highest BCUT2D eigenvalue weighted by molar-refractivity contribution is 6.38.